The minimum Gasteiger partial charge on any atom is -0.391 e. The highest BCUT2D eigenvalue weighted by molar-refractivity contribution is 7.08. The first-order valence-electron chi connectivity index (χ1n) is 6.55. The van der Waals surface area contributed by atoms with E-state index in [0.717, 1.165) is 17.1 Å². The monoisotopic (exact) mass is 350 g/mol. The Bertz CT molecular complexity index is 884. The Kier molecular flexibility index (Phi) is 4.26. The average molecular weight is 351 g/mol. The summed E-state index contributed by atoms with van der Waals surface area (Å²) in [6.07, 6.45) is 0. The van der Waals surface area contributed by atoms with E-state index >= 15 is 0 Å². The molecule has 2 heterocycles. The summed E-state index contributed by atoms with van der Waals surface area (Å²) >= 11 is 6.96. The SMILES string of the molecule is CN(Cc1n[nH]c(=O)o1)C(=O)c1cc(-c2ccc(Cl)cc2)ns1. The Morgan fingerprint density at radius 2 is 2.13 bits per heavy atom. The van der Waals surface area contributed by atoms with Crippen LogP contribution in [0.25, 0.3) is 11.3 Å². The molecule has 1 N–H and O–H groups in total. The number of carbonyl (C=O) groups is 1. The third-order valence-electron chi connectivity index (χ3n) is 3.06. The van der Waals surface area contributed by atoms with Crippen LogP contribution in [-0.4, -0.2) is 32.4 Å². The molecule has 0 aliphatic carbocycles. The Balaban J connectivity index is 1.75. The molecule has 7 nitrogen and oxygen atoms in total. The van der Waals surface area contributed by atoms with E-state index in [9.17, 15) is 9.59 Å². The van der Waals surface area contributed by atoms with Gasteiger partial charge in [-0.25, -0.2) is 9.89 Å². The second-order valence-corrected chi connectivity index (χ2v) is 5.99. The molecule has 1 aromatic carbocycles. The second-order valence-electron chi connectivity index (χ2n) is 4.75. The van der Waals surface area contributed by atoms with E-state index in [1.165, 1.54) is 4.90 Å². The molecule has 0 bridgehead atoms. The second kappa shape index (κ2) is 6.35. The van der Waals surface area contributed by atoms with Gasteiger partial charge in [-0.05, 0) is 29.7 Å². The van der Waals surface area contributed by atoms with Gasteiger partial charge < -0.3 is 9.32 Å². The number of rotatable bonds is 4. The fourth-order valence-corrected chi connectivity index (χ4v) is 2.80. The van der Waals surface area contributed by atoms with Gasteiger partial charge in [-0.2, -0.15) is 4.37 Å². The maximum Gasteiger partial charge on any atom is 0.434 e. The number of aromatic amines is 1. The van der Waals surface area contributed by atoms with Gasteiger partial charge in [-0.3, -0.25) is 4.79 Å². The lowest BCUT2D eigenvalue weighted by Gasteiger charge is -2.12. The molecule has 0 saturated heterocycles. The molecule has 9 heteroatoms. The Hall–Kier alpha value is -2.45. The largest absolute Gasteiger partial charge is 0.434 e. The highest BCUT2D eigenvalue weighted by Crippen LogP contribution is 2.24. The van der Waals surface area contributed by atoms with Crippen LogP contribution in [-0.2, 0) is 6.54 Å². The molecular formula is C14H11ClN4O3S. The molecule has 3 aromatic rings. The van der Waals surface area contributed by atoms with Crippen molar-refractivity contribution in [3.63, 3.8) is 0 Å². The van der Waals surface area contributed by atoms with Gasteiger partial charge in [0.15, 0.2) is 0 Å². The predicted octanol–water partition coefficient (Wildman–Crippen LogP) is 2.41. The third-order valence-corrected chi connectivity index (χ3v) is 4.09. The maximum atomic E-state index is 12.4. The van der Waals surface area contributed by atoms with Crippen molar-refractivity contribution in [2.24, 2.45) is 0 Å². The van der Waals surface area contributed by atoms with Gasteiger partial charge in [-0.15, -0.1) is 5.10 Å². The lowest BCUT2D eigenvalue weighted by Crippen LogP contribution is -2.25. The zero-order valence-electron chi connectivity index (χ0n) is 11.9. The van der Waals surface area contributed by atoms with Crippen LogP contribution >= 0.6 is 23.1 Å². The first-order chi connectivity index (χ1) is 11.0. The Labute approximate surface area is 139 Å². The summed E-state index contributed by atoms with van der Waals surface area (Å²) in [7, 11) is 1.60. The summed E-state index contributed by atoms with van der Waals surface area (Å²) in [6, 6.07) is 8.93. The van der Waals surface area contributed by atoms with Crippen molar-refractivity contribution in [3.8, 4) is 11.3 Å². The standard InChI is InChI=1S/C14H11ClN4O3S/c1-19(7-12-16-17-14(21)22-12)13(20)11-6-10(18-23-11)8-2-4-9(15)5-3-8/h2-6H,7H2,1H3,(H,17,21). The van der Waals surface area contributed by atoms with E-state index in [4.69, 9.17) is 16.0 Å². The van der Waals surface area contributed by atoms with Crippen LogP contribution in [0.4, 0.5) is 0 Å². The zero-order valence-corrected chi connectivity index (χ0v) is 13.5. The van der Waals surface area contributed by atoms with E-state index in [1.807, 2.05) is 12.1 Å². The molecule has 0 spiro atoms. The van der Waals surface area contributed by atoms with Crippen LogP contribution in [0.1, 0.15) is 15.6 Å². The van der Waals surface area contributed by atoms with Gasteiger partial charge in [0.2, 0.25) is 5.89 Å². The van der Waals surface area contributed by atoms with Crippen LogP contribution in [0, 0.1) is 0 Å². The van der Waals surface area contributed by atoms with E-state index < -0.39 is 5.76 Å². The quantitative estimate of drug-likeness (QED) is 0.780. The topological polar surface area (TPSA) is 92.1 Å². The van der Waals surface area contributed by atoms with Crippen molar-refractivity contribution < 1.29 is 9.21 Å². The number of nitrogens with zero attached hydrogens (tertiary/aromatic N) is 3. The van der Waals surface area contributed by atoms with Gasteiger partial charge in [0.25, 0.3) is 5.91 Å². The Morgan fingerprint density at radius 1 is 1.39 bits per heavy atom. The van der Waals surface area contributed by atoms with Crippen molar-refractivity contribution in [2.45, 2.75) is 6.54 Å². The van der Waals surface area contributed by atoms with Crippen LogP contribution in [0.3, 0.4) is 0 Å². The lowest BCUT2D eigenvalue weighted by molar-refractivity contribution is 0.0777. The molecule has 0 aliphatic rings. The van der Waals surface area contributed by atoms with Crippen molar-refractivity contribution >= 4 is 29.0 Å². The minimum atomic E-state index is -0.649. The summed E-state index contributed by atoms with van der Waals surface area (Å²) < 4.78 is 9.07. The molecule has 0 radical (unpaired) electrons. The number of halogens is 1. The number of hydrogen-bond donors (Lipinski definition) is 1. The molecule has 0 unspecified atom stereocenters. The van der Waals surface area contributed by atoms with Crippen molar-refractivity contribution in [2.75, 3.05) is 7.05 Å². The smallest absolute Gasteiger partial charge is 0.391 e. The van der Waals surface area contributed by atoms with E-state index in [-0.39, 0.29) is 18.3 Å². The number of aromatic nitrogens is 3. The van der Waals surface area contributed by atoms with Gasteiger partial charge >= 0.3 is 5.76 Å². The van der Waals surface area contributed by atoms with Crippen LogP contribution in [0.15, 0.2) is 39.5 Å². The van der Waals surface area contributed by atoms with Crippen LogP contribution in [0.5, 0.6) is 0 Å². The molecule has 0 aliphatic heterocycles. The van der Waals surface area contributed by atoms with Crippen molar-refractivity contribution in [1.82, 2.24) is 19.5 Å². The molecule has 118 valence electrons. The average Bonchev–Trinajstić information content (AvgIpc) is 3.16. The first-order valence-corrected chi connectivity index (χ1v) is 7.70. The molecule has 0 fully saturated rings. The molecule has 3 rings (SSSR count). The van der Waals surface area contributed by atoms with Crippen LogP contribution in [0.2, 0.25) is 5.02 Å². The number of carbonyl (C=O) groups excluding carboxylic acids is 1. The minimum absolute atomic E-state index is 0.0890. The summed E-state index contributed by atoms with van der Waals surface area (Å²) in [5.74, 6) is -0.731. The lowest BCUT2D eigenvalue weighted by atomic mass is 10.1. The van der Waals surface area contributed by atoms with Gasteiger partial charge in [-0.1, -0.05) is 23.7 Å². The van der Waals surface area contributed by atoms with Crippen molar-refractivity contribution in [3.05, 3.63) is 56.7 Å². The fourth-order valence-electron chi connectivity index (χ4n) is 1.92. The van der Waals surface area contributed by atoms with Crippen LogP contribution < -0.4 is 5.76 Å². The molecule has 2 aromatic heterocycles. The summed E-state index contributed by atoms with van der Waals surface area (Å²) in [6.45, 7) is 0.0890. The normalized spacial score (nSPS) is 10.7. The molecular weight excluding hydrogens is 340 g/mol. The van der Waals surface area contributed by atoms with E-state index in [0.29, 0.717) is 15.6 Å². The van der Waals surface area contributed by atoms with Gasteiger partial charge in [0, 0.05) is 17.6 Å². The number of H-pyrrole nitrogens is 1. The number of benzene rings is 1. The number of nitrogens with one attached hydrogen (secondary N) is 1. The first kappa shape index (κ1) is 15.4. The maximum absolute atomic E-state index is 12.4. The molecule has 0 atom stereocenters. The number of amides is 1. The summed E-state index contributed by atoms with van der Waals surface area (Å²) in [5, 5.41) is 6.46. The fraction of sp³-hybridized carbons (Fsp3) is 0.143. The highest BCUT2D eigenvalue weighted by atomic mass is 35.5. The predicted molar refractivity (Wildman–Crippen MR) is 85.5 cm³/mol. The molecule has 1 amide bonds. The zero-order chi connectivity index (χ0) is 16.4. The molecule has 0 saturated carbocycles. The highest BCUT2D eigenvalue weighted by Gasteiger charge is 2.18. The van der Waals surface area contributed by atoms with E-state index in [1.54, 1.807) is 25.2 Å². The molecule has 23 heavy (non-hydrogen) atoms. The van der Waals surface area contributed by atoms with Gasteiger partial charge in [0.05, 0.1) is 12.2 Å². The summed E-state index contributed by atoms with van der Waals surface area (Å²) in [4.78, 5) is 25.1. The third kappa shape index (κ3) is 3.49. The van der Waals surface area contributed by atoms with E-state index in [2.05, 4.69) is 14.6 Å². The Morgan fingerprint density at radius 3 is 2.78 bits per heavy atom. The number of hydrogen-bond acceptors (Lipinski definition) is 6. The van der Waals surface area contributed by atoms with Gasteiger partial charge in [0.1, 0.15) is 4.88 Å². The summed E-state index contributed by atoms with van der Waals surface area (Å²) in [5.41, 5.74) is 1.58. The van der Waals surface area contributed by atoms with Crippen molar-refractivity contribution in [1.29, 1.82) is 0 Å².